The maximum absolute atomic E-state index is 11.7. The minimum absolute atomic E-state index is 0. The molecule has 0 aromatic carbocycles. The molecule has 0 aliphatic carbocycles. The summed E-state index contributed by atoms with van der Waals surface area (Å²) in [7, 11) is 7.36. The van der Waals surface area contributed by atoms with Crippen LogP contribution in [0.3, 0.4) is 0 Å². The molecule has 10 aliphatic rings. The van der Waals surface area contributed by atoms with Crippen molar-refractivity contribution in [2.24, 2.45) is 0 Å². The zero-order valence-corrected chi connectivity index (χ0v) is 58.6. The van der Waals surface area contributed by atoms with Crippen LogP contribution in [0.25, 0.3) is 0 Å². The molecule has 526 valence electrons. The van der Waals surface area contributed by atoms with E-state index in [0.29, 0.717) is 57.4 Å². The number of nitrogens with one attached hydrogen (secondary N) is 5. The van der Waals surface area contributed by atoms with Gasteiger partial charge >= 0.3 is 89.7 Å². The van der Waals surface area contributed by atoms with Crippen molar-refractivity contribution in [1.29, 1.82) is 0 Å². The van der Waals surface area contributed by atoms with Crippen molar-refractivity contribution in [3.8, 4) is 0 Å². The molecule has 7 N–H and O–H groups in total. The smallest absolute Gasteiger partial charge is 0.870 e. The van der Waals surface area contributed by atoms with Gasteiger partial charge in [0.2, 0.25) is 0 Å². The van der Waals surface area contributed by atoms with E-state index in [-0.39, 0.29) is 151 Å². The molecule has 10 fully saturated rings. The van der Waals surface area contributed by atoms with E-state index >= 15 is 0 Å². The van der Waals surface area contributed by atoms with Crippen molar-refractivity contribution in [1.82, 2.24) is 51.4 Å². The standard InChI is InChI=1S/C15H21N3O5S.C12H20N2O3S.2C11H18N2O3S.C6H4F3NO4.CH3F.Na.H2O/c1-17-9-8-24-10(14(9)16-15(17)22)4-2-3-5-13(21)23-18-11(19)6-7-12(18)20;1-14-8-7-18-9(11(8)13-12(14)16)5-3-4-6-10(15)17-2;1-13-7-6-17-8(10(7)12-11(13)16)4-2-3-5-9(14)15;1-16-9(14)5-3-2-4-8-10-7(6-17-8)12-11(15)13-10;7-6(8,9)5(13)14-10-3(11)1-2-4(10)12;1-2;;/h9-10,14H,2-8H2,1H3,(H,16,22);8-9,11H,3-7H2,1-2H3,(H,13,16);7-8,10H,2-6H2,1H3,(H,12,16)(H,14,15);7-8,10H,2-6H2,1H3,(H2,12,13,15);1-2H2;1H3;;1H2/q;;;;;;+1;/p-1/t9-,10-,14-;8-,9-,11-;2*7-,8-,10-;;;;/m0000..../s1/i;;;;;1D;;. The number of rotatable bonds is 22. The van der Waals surface area contributed by atoms with Gasteiger partial charge < -0.3 is 71.0 Å². The van der Waals surface area contributed by atoms with Crippen LogP contribution in [0.2, 0.25) is 0 Å². The number of carbonyl (C=O) groups is 13. The summed E-state index contributed by atoms with van der Waals surface area (Å²) in [6, 6.07) is 2.20. The largest absolute Gasteiger partial charge is 1.00 e. The van der Waals surface area contributed by atoms with E-state index < -0.39 is 54.9 Å². The number of carbonyl (C=O) groups excluding carboxylic acids is 12. The Hall–Kier alpha value is -5.21. The van der Waals surface area contributed by atoms with E-state index in [9.17, 15) is 79.9 Å². The fraction of sp³-hybridized carbons (Fsp3) is 0.768. The van der Waals surface area contributed by atoms with Crippen molar-refractivity contribution < 1.29 is 141 Å². The molecule has 94 heavy (non-hydrogen) atoms. The van der Waals surface area contributed by atoms with Gasteiger partial charge in [0.1, 0.15) is 0 Å². The molecule has 0 aromatic heterocycles. The number of halogens is 4. The molecule has 29 nitrogen and oxygen atoms in total. The summed E-state index contributed by atoms with van der Waals surface area (Å²) < 4.78 is 59.6. The Morgan fingerprint density at radius 2 is 0.830 bits per heavy atom. The SMILES string of the molecule is CN1C(=O)N[C@@H]2[C@H](CCCCC(=O)O)SC[C@@H]21.CN1C(=O)N[C@@H]2[C@H](CCCCC(=O)ON3C(=O)CCC3=O)SC[C@@H]21.COC(=O)CCCC[C@@H]1SC[C@@H]2NC(=O)N[C@@H]21.COC(=O)CCCC[C@@H]1SC[C@H]2[C@@H]1NC(=O)N2C.O=C1CCC(=O)N1OC(=O)C(F)(F)F.[2H]CF.[Na+].[OH-]. The molecule has 10 aliphatic heterocycles. The molecular formula is C56H85F4N10NaO19S4. The first-order valence-corrected chi connectivity index (χ1v) is 34.4. The molecule has 38 heteroatoms. The number of hydrogen-bond donors (Lipinski definition) is 6. The molecule has 0 bridgehead atoms. The van der Waals surface area contributed by atoms with E-state index in [0.717, 1.165) is 93.6 Å². The number of likely N-dealkylation sites (N-methyl/N-ethyl adjacent to an activating group) is 3. The predicted molar refractivity (Wildman–Crippen MR) is 331 cm³/mol. The van der Waals surface area contributed by atoms with Crippen molar-refractivity contribution >= 4 is 125 Å². The Kier molecular flexibility index (Phi) is 35.0. The summed E-state index contributed by atoms with van der Waals surface area (Å²) in [6.45, 7) is 0. The van der Waals surface area contributed by atoms with Crippen molar-refractivity contribution in [2.75, 3.05) is 65.5 Å². The predicted octanol–water partition coefficient (Wildman–Crippen LogP) is 1.48. The number of hydroxylamine groups is 4. The Bertz CT molecular complexity index is 2650. The van der Waals surface area contributed by atoms with Gasteiger partial charge in [-0.05, 0) is 51.4 Å². The second-order valence-electron chi connectivity index (χ2n) is 22.7. The molecule has 10 saturated heterocycles. The number of nitrogens with zero attached hydrogens (tertiary/aromatic N) is 5. The summed E-state index contributed by atoms with van der Waals surface area (Å²) in [5.74, 6) is -3.02. The van der Waals surface area contributed by atoms with Crippen LogP contribution in [0.5, 0.6) is 0 Å². The quantitative estimate of drug-likeness (QED) is 0.0223. The maximum atomic E-state index is 11.7. The van der Waals surface area contributed by atoms with Gasteiger partial charge in [-0.25, -0.2) is 28.8 Å². The number of aliphatic carboxylic acids is 1. The normalized spacial score (nSPS) is 27.3. The van der Waals surface area contributed by atoms with E-state index in [1.165, 1.54) is 14.2 Å². The molecule has 0 aromatic rings. The molecular weight excluding hydrogens is 1340 g/mol. The van der Waals surface area contributed by atoms with E-state index in [4.69, 9.17) is 11.3 Å². The van der Waals surface area contributed by atoms with Crippen LogP contribution in [0.1, 0.15) is 130 Å². The molecule has 0 spiro atoms. The van der Waals surface area contributed by atoms with Crippen LogP contribution in [-0.4, -0.2) is 254 Å². The fourth-order valence-electron chi connectivity index (χ4n) is 11.5. The summed E-state index contributed by atoms with van der Waals surface area (Å²) >= 11 is 7.59. The Labute approximate surface area is 582 Å². The molecule has 0 unspecified atom stereocenters. The van der Waals surface area contributed by atoms with Crippen LogP contribution < -0.4 is 56.1 Å². The molecule has 12 atom stereocenters. The number of alkyl halides is 4. The topological polar surface area (TPSA) is 385 Å². The van der Waals surface area contributed by atoms with Crippen LogP contribution >= 0.6 is 47.0 Å². The Balaban J connectivity index is 0.000000308. The van der Waals surface area contributed by atoms with E-state index in [2.05, 4.69) is 40.9 Å². The molecule has 12 amide bonds. The first-order chi connectivity index (χ1) is 44.1. The molecule has 0 radical (unpaired) electrons. The van der Waals surface area contributed by atoms with Gasteiger partial charge in [0, 0.05) is 117 Å². The summed E-state index contributed by atoms with van der Waals surface area (Å²) in [5, 5.41) is 25.7. The first-order valence-electron chi connectivity index (χ1n) is 30.9. The van der Waals surface area contributed by atoms with Crippen molar-refractivity contribution in [3.05, 3.63) is 0 Å². The average molecular weight is 1430 g/mol. The number of methoxy groups -OCH3 is 2. The minimum Gasteiger partial charge on any atom is -0.870 e. The third kappa shape index (κ3) is 24.1. The Morgan fingerprint density at radius 3 is 1.17 bits per heavy atom. The summed E-state index contributed by atoms with van der Waals surface area (Å²) in [4.78, 5) is 158. The Morgan fingerprint density at radius 1 is 0.511 bits per heavy atom. The second-order valence-corrected chi connectivity index (χ2v) is 27.8. The average Bonchev–Trinajstić information content (AvgIpc) is 1.67. The number of unbranched alkanes of at least 4 members (excludes halogenated alkanes) is 4. The maximum Gasteiger partial charge on any atom is 1.00 e. The summed E-state index contributed by atoms with van der Waals surface area (Å²) in [5.41, 5.74) is 0. The molecule has 10 heterocycles. The van der Waals surface area contributed by atoms with Crippen LogP contribution in [0.4, 0.5) is 36.7 Å². The van der Waals surface area contributed by atoms with Gasteiger partial charge in [-0.1, -0.05) is 25.7 Å². The van der Waals surface area contributed by atoms with Gasteiger partial charge in [-0.2, -0.15) is 60.2 Å². The van der Waals surface area contributed by atoms with Gasteiger partial charge in [0.05, 0.1) is 71.1 Å². The van der Waals surface area contributed by atoms with Gasteiger partial charge in [-0.3, -0.25) is 38.0 Å². The number of ether oxygens (including phenoxy) is 2. The van der Waals surface area contributed by atoms with E-state index in [1.807, 2.05) is 73.1 Å². The van der Waals surface area contributed by atoms with Crippen molar-refractivity contribution in [3.63, 3.8) is 0 Å². The number of urea groups is 4. The minimum atomic E-state index is -5.22. The van der Waals surface area contributed by atoms with Crippen LogP contribution in [-0.2, 0) is 62.3 Å². The monoisotopic (exact) mass is 1430 g/mol. The third-order valence-corrected chi connectivity index (χ3v) is 22.7. The number of fused-ring (bicyclic) bond motifs is 4. The number of esters is 2. The first kappa shape index (κ1) is 81.2. The number of hydrogen-bond acceptors (Lipinski definition) is 22. The number of carboxylic acids is 1. The molecule has 0 saturated carbocycles. The van der Waals surface area contributed by atoms with Gasteiger partial charge in [-0.15, -0.1) is 10.1 Å². The summed E-state index contributed by atoms with van der Waals surface area (Å²) in [6.07, 6.45) is 6.77. The van der Waals surface area contributed by atoms with Crippen LogP contribution in [0, 0.1) is 0 Å². The van der Waals surface area contributed by atoms with Gasteiger partial charge in [0.25, 0.3) is 23.6 Å². The van der Waals surface area contributed by atoms with Crippen molar-refractivity contribution in [2.45, 2.75) is 204 Å². The van der Waals surface area contributed by atoms with E-state index in [1.54, 1.807) is 9.80 Å². The van der Waals surface area contributed by atoms with Gasteiger partial charge in [0.15, 0.2) is 0 Å². The number of thioether (sulfide) groups is 4. The zero-order valence-electron chi connectivity index (χ0n) is 54.3. The number of amides is 12. The number of imide groups is 2. The number of carboxylic acid groups (broad SMARTS) is 1. The second kappa shape index (κ2) is 40.5. The van der Waals surface area contributed by atoms with Crippen LogP contribution in [0.15, 0.2) is 0 Å². The molecule has 10 rings (SSSR count). The fourth-order valence-corrected chi connectivity index (χ4v) is 18.1. The third-order valence-electron chi connectivity index (χ3n) is 16.7. The zero-order chi connectivity index (χ0) is 68.7.